The second kappa shape index (κ2) is 6.10. The molecule has 2 heterocycles. The van der Waals surface area contributed by atoms with Crippen LogP contribution >= 0.6 is 0 Å². The zero-order valence-electron chi connectivity index (χ0n) is 13.6. The second-order valence-electron chi connectivity index (χ2n) is 6.02. The average Bonchev–Trinajstić information content (AvgIpc) is 2.73. The first kappa shape index (κ1) is 15.9. The van der Waals surface area contributed by atoms with Crippen LogP contribution in [0.4, 0.5) is 10.6 Å². The van der Waals surface area contributed by atoms with Gasteiger partial charge in [-0.3, -0.25) is 0 Å². The third kappa shape index (κ3) is 3.22. The second-order valence-corrected chi connectivity index (χ2v) is 6.02. The predicted molar refractivity (Wildman–Crippen MR) is 88.1 cm³/mol. The molecule has 116 valence electrons. The van der Waals surface area contributed by atoms with E-state index in [2.05, 4.69) is 16.8 Å². The van der Waals surface area contributed by atoms with Crippen molar-refractivity contribution in [2.75, 3.05) is 26.4 Å². The molecule has 0 atom stereocenters. The third-order valence-corrected chi connectivity index (χ3v) is 3.90. The van der Waals surface area contributed by atoms with Gasteiger partial charge in [-0.1, -0.05) is 12.0 Å². The van der Waals surface area contributed by atoms with E-state index < -0.39 is 0 Å². The monoisotopic (exact) mass is 298 g/mol. The van der Waals surface area contributed by atoms with E-state index in [4.69, 9.17) is 5.73 Å². The summed E-state index contributed by atoms with van der Waals surface area (Å²) >= 11 is 0. The van der Waals surface area contributed by atoms with E-state index in [0.717, 1.165) is 12.0 Å². The maximum Gasteiger partial charge on any atom is 0.320 e. The molecule has 0 saturated carbocycles. The van der Waals surface area contributed by atoms with E-state index >= 15 is 0 Å². The van der Waals surface area contributed by atoms with Crippen LogP contribution < -0.4 is 5.73 Å². The maximum absolute atomic E-state index is 12.2. The van der Waals surface area contributed by atoms with Gasteiger partial charge in [0.05, 0.1) is 5.54 Å². The number of pyridine rings is 1. The number of allylic oxidation sites excluding steroid dienone is 1. The van der Waals surface area contributed by atoms with Crippen molar-refractivity contribution in [1.82, 2.24) is 14.8 Å². The van der Waals surface area contributed by atoms with Gasteiger partial charge < -0.3 is 15.5 Å². The molecule has 1 fully saturated rings. The fourth-order valence-electron chi connectivity index (χ4n) is 2.53. The number of carbonyl (C=O) groups is 1. The molecule has 2 amide bonds. The molecule has 0 radical (unpaired) electrons. The van der Waals surface area contributed by atoms with Crippen molar-refractivity contribution in [3.05, 3.63) is 35.5 Å². The molecule has 0 aliphatic carbocycles. The maximum atomic E-state index is 12.2. The lowest BCUT2D eigenvalue weighted by Crippen LogP contribution is -2.48. The Morgan fingerprint density at radius 3 is 2.82 bits per heavy atom. The van der Waals surface area contributed by atoms with Gasteiger partial charge in [0.25, 0.3) is 0 Å². The average molecular weight is 298 g/mol. The fourth-order valence-corrected chi connectivity index (χ4v) is 2.53. The molecule has 1 aromatic rings. The minimum atomic E-state index is -0.320. The summed E-state index contributed by atoms with van der Waals surface area (Å²) in [5.74, 6) is 6.48. The lowest BCUT2D eigenvalue weighted by Gasteiger charge is -2.34. The molecule has 1 saturated heterocycles. The minimum absolute atomic E-state index is 0.0267. The van der Waals surface area contributed by atoms with Gasteiger partial charge in [-0.2, -0.15) is 0 Å². The summed E-state index contributed by atoms with van der Waals surface area (Å²) in [6.07, 6.45) is 2.74. The molecule has 1 aliphatic heterocycles. The van der Waals surface area contributed by atoms with Crippen LogP contribution in [0, 0.1) is 11.8 Å². The van der Waals surface area contributed by atoms with E-state index in [-0.39, 0.29) is 11.6 Å². The first-order valence-corrected chi connectivity index (χ1v) is 7.25. The van der Waals surface area contributed by atoms with E-state index in [1.54, 1.807) is 25.1 Å². The number of amides is 2. The summed E-state index contributed by atoms with van der Waals surface area (Å²) in [6, 6.07) is 5.41. The number of nitrogens with zero attached hydrogens (tertiary/aromatic N) is 3. The van der Waals surface area contributed by atoms with Crippen molar-refractivity contribution in [2.24, 2.45) is 0 Å². The number of nitrogen functional groups attached to an aromatic ring is 1. The smallest absolute Gasteiger partial charge is 0.320 e. The van der Waals surface area contributed by atoms with Gasteiger partial charge in [0.2, 0.25) is 0 Å². The molecule has 5 nitrogen and oxygen atoms in total. The summed E-state index contributed by atoms with van der Waals surface area (Å²) in [5.41, 5.74) is 7.11. The highest BCUT2D eigenvalue weighted by molar-refractivity contribution is 5.76. The van der Waals surface area contributed by atoms with Crippen molar-refractivity contribution < 1.29 is 4.79 Å². The lowest BCUT2D eigenvalue weighted by atomic mass is 9.95. The van der Waals surface area contributed by atoms with Crippen molar-refractivity contribution in [3.8, 4) is 11.8 Å². The zero-order valence-corrected chi connectivity index (χ0v) is 13.6. The number of likely N-dealkylation sites (tertiary alicyclic amines) is 1. The Bertz CT molecular complexity index is 665. The SMILES string of the molecule is CN(C)C(=O)N1CC/C(=C\C#Cc2cccc(N)n2)C1(C)C. The van der Waals surface area contributed by atoms with Crippen molar-refractivity contribution in [1.29, 1.82) is 0 Å². The Balaban J connectivity index is 2.19. The Hall–Kier alpha value is -2.48. The molecule has 0 aromatic carbocycles. The van der Waals surface area contributed by atoms with E-state index in [1.165, 1.54) is 0 Å². The van der Waals surface area contributed by atoms with Crippen molar-refractivity contribution in [2.45, 2.75) is 25.8 Å². The van der Waals surface area contributed by atoms with Crippen LogP contribution in [0.25, 0.3) is 0 Å². The number of nitrogens with two attached hydrogens (primary N) is 1. The van der Waals surface area contributed by atoms with Crippen LogP contribution in [-0.4, -0.2) is 47.0 Å². The Kier molecular flexibility index (Phi) is 4.41. The molecule has 2 N–H and O–H groups in total. The van der Waals surface area contributed by atoms with Crippen LogP contribution in [0.15, 0.2) is 29.8 Å². The molecule has 2 rings (SSSR count). The summed E-state index contributed by atoms with van der Waals surface area (Å²) < 4.78 is 0. The number of urea groups is 1. The molecular formula is C17H22N4O. The summed E-state index contributed by atoms with van der Waals surface area (Å²) in [6.45, 7) is 4.81. The summed E-state index contributed by atoms with van der Waals surface area (Å²) in [5, 5.41) is 0. The zero-order chi connectivity index (χ0) is 16.3. The molecule has 1 aliphatic rings. The van der Waals surface area contributed by atoms with Gasteiger partial charge in [-0.25, -0.2) is 9.78 Å². The number of carbonyl (C=O) groups excluding carboxylic acids is 1. The van der Waals surface area contributed by atoms with Gasteiger partial charge in [-0.15, -0.1) is 0 Å². The standard InChI is InChI=1S/C17H22N4O/c1-17(2)13(11-12-21(17)16(22)20(3)4)7-5-8-14-9-6-10-15(18)19-14/h6-7,9-10H,11-12H2,1-4H3,(H2,18,19)/b13-7+. The van der Waals surface area contributed by atoms with Gasteiger partial charge in [0.15, 0.2) is 0 Å². The first-order valence-electron chi connectivity index (χ1n) is 7.25. The van der Waals surface area contributed by atoms with E-state index in [0.29, 0.717) is 18.1 Å². The number of hydrogen-bond donors (Lipinski definition) is 1. The first-order chi connectivity index (χ1) is 10.3. The lowest BCUT2D eigenvalue weighted by molar-refractivity contribution is 0.149. The number of anilines is 1. The predicted octanol–water partition coefficient (Wildman–Crippen LogP) is 2.11. The largest absolute Gasteiger partial charge is 0.384 e. The normalized spacial score (nSPS) is 18.0. The number of rotatable bonds is 0. The van der Waals surface area contributed by atoms with Crippen LogP contribution in [0.1, 0.15) is 26.0 Å². The van der Waals surface area contributed by atoms with Gasteiger partial charge in [0.1, 0.15) is 11.5 Å². The van der Waals surface area contributed by atoms with Crippen LogP contribution in [0.5, 0.6) is 0 Å². The minimum Gasteiger partial charge on any atom is -0.384 e. The van der Waals surface area contributed by atoms with Gasteiger partial charge >= 0.3 is 6.03 Å². The molecular weight excluding hydrogens is 276 g/mol. The van der Waals surface area contributed by atoms with Crippen LogP contribution in [-0.2, 0) is 0 Å². The topological polar surface area (TPSA) is 62.5 Å². The Labute approximate surface area is 131 Å². The number of hydrogen-bond acceptors (Lipinski definition) is 3. The molecule has 5 heteroatoms. The molecule has 0 spiro atoms. The molecule has 0 unspecified atom stereocenters. The summed E-state index contributed by atoms with van der Waals surface area (Å²) in [7, 11) is 3.54. The highest BCUT2D eigenvalue weighted by Gasteiger charge is 2.39. The molecule has 0 bridgehead atoms. The van der Waals surface area contributed by atoms with Crippen molar-refractivity contribution >= 4 is 11.8 Å². The number of aromatic nitrogens is 1. The fraction of sp³-hybridized carbons (Fsp3) is 0.412. The Morgan fingerprint density at radius 1 is 1.45 bits per heavy atom. The van der Waals surface area contributed by atoms with Crippen LogP contribution in [0.2, 0.25) is 0 Å². The van der Waals surface area contributed by atoms with E-state index in [1.807, 2.05) is 37.0 Å². The highest BCUT2D eigenvalue weighted by Crippen LogP contribution is 2.34. The quantitative estimate of drug-likeness (QED) is 0.746. The summed E-state index contributed by atoms with van der Waals surface area (Å²) in [4.78, 5) is 19.8. The molecule has 1 aromatic heterocycles. The van der Waals surface area contributed by atoms with Gasteiger partial charge in [-0.05, 0) is 50.0 Å². The molecule has 22 heavy (non-hydrogen) atoms. The van der Waals surface area contributed by atoms with E-state index in [9.17, 15) is 4.79 Å². The Morgan fingerprint density at radius 2 is 2.18 bits per heavy atom. The third-order valence-electron chi connectivity index (χ3n) is 3.90. The van der Waals surface area contributed by atoms with Crippen LogP contribution in [0.3, 0.4) is 0 Å². The van der Waals surface area contributed by atoms with Crippen molar-refractivity contribution in [3.63, 3.8) is 0 Å². The van der Waals surface area contributed by atoms with Gasteiger partial charge in [0, 0.05) is 20.6 Å². The highest BCUT2D eigenvalue weighted by atomic mass is 16.2.